The summed E-state index contributed by atoms with van der Waals surface area (Å²) in [5.74, 6) is -0.542. The van der Waals surface area contributed by atoms with Crippen molar-refractivity contribution in [1.82, 2.24) is 0 Å². The van der Waals surface area contributed by atoms with Crippen LogP contribution in [0.2, 0.25) is 0 Å². The van der Waals surface area contributed by atoms with Crippen LogP contribution in [0, 0.1) is 6.92 Å². The summed E-state index contributed by atoms with van der Waals surface area (Å²) >= 11 is 0. The summed E-state index contributed by atoms with van der Waals surface area (Å²) in [6.45, 7) is 1.90. The van der Waals surface area contributed by atoms with Crippen LogP contribution in [0.5, 0.6) is 0 Å². The molecule has 8 nitrogen and oxygen atoms in total. The van der Waals surface area contributed by atoms with Crippen LogP contribution in [0.4, 0.5) is 17.1 Å². The lowest BCUT2D eigenvalue weighted by molar-refractivity contribution is 0.102. The molecule has 0 saturated heterocycles. The number of carbonyl (C=O) groups excluding carboxylic acids is 1. The third-order valence-corrected chi connectivity index (χ3v) is 6.18. The van der Waals surface area contributed by atoms with Crippen LogP contribution in [-0.4, -0.2) is 29.0 Å². The van der Waals surface area contributed by atoms with Gasteiger partial charge in [0.2, 0.25) is 10.0 Å². The van der Waals surface area contributed by atoms with Gasteiger partial charge in [0.1, 0.15) is 0 Å². The summed E-state index contributed by atoms with van der Waals surface area (Å²) in [6, 6.07) is 18.7. The molecule has 31 heavy (non-hydrogen) atoms. The van der Waals surface area contributed by atoms with Crippen LogP contribution >= 0.6 is 0 Å². The van der Waals surface area contributed by atoms with E-state index < -0.39 is 26.0 Å². The fourth-order valence-corrected chi connectivity index (χ4v) is 4.36. The van der Waals surface area contributed by atoms with E-state index in [-0.39, 0.29) is 16.1 Å². The Morgan fingerprint density at radius 1 is 0.742 bits per heavy atom. The van der Waals surface area contributed by atoms with Gasteiger partial charge >= 0.3 is 0 Å². The fraction of sp³-hybridized carbons (Fsp3) is 0.0952. The van der Waals surface area contributed by atoms with Gasteiger partial charge in [-0.3, -0.25) is 14.2 Å². The maximum atomic E-state index is 12.6. The van der Waals surface area contributed by atoms with Gasteiger partial charge < -0.3 is 5.32 Å². The number of hydrogen-bond donors (Lipinski definition) is 3. The van der Waals surface area contributed by atoms with Crippen molar-refractivity contribution in [3.63, 3.8) is 0 Å². The number of amides is 1. The van der Waals surface area contributed by atoms with E-state index in [1.54, 1.807) is 36.4 Å². The van der Waals surface area contributed by atoms with Gasteiger partial charge in [0.05, 0.1) is 22.4 Å². The number of anilines is 3. The van der Waals surface area contributed by atoms with Crippen LogP contribution < -0.4 is 14.8 Å². The Morgan fingerprint density at radius 3 is 1.94 bits per heavy atom. The SMILES string of the molecule is Cc1ccc(NS(=O)(=O)c2ccc(NC(=O)c3ccccc3NS(C)(=O)=O)cc2)cc1. The zero-order valence-corrected chi connectivity index (χ0v) is 18.4. The molecule has 3 aromatic rings. The minimum absolute atomic E-state index is 0.0326. The number of para-hydroxylation sites is 1. The molecule has 0 heterocycles. The number of carbonyl (C=O) groups is 1. The molecule has 162 valence electrons. The number of sulfonamides is 2. The monoisotopic (exact) mass is 459 g/mol. The van der Waals surface area contributed by atoms with Crippen LogP contribution in [0.1, 0.15) is 15.9 Å². The van der Waals surface area contributed by atoms with Gasteiger partial charge in [-0.25, -0.2) is 16.8 Å². The minimum atomic E-state index is -3.79. The highest BCUT2D eigenvalue weighted by Gasteiger charge is 2.16. The summed E-state index contributed by atoms with van der Waals surface area (Å²) in [5, 5.41) is 2.63. The van der Waals surface area contributed by atoms with Gasteiger partial charge in [0.15, 0.2) is 0 Å². The molecule has 0 aromatic heterocycles. The number of hydrogen-bond acceptors (Lipinski definition) is 5. The maximum absolute atomic E-state index is 12.6. The average Bonchev–Trinajstić information content (AvgIpc) is 2.69. The largest absolute Gasteiger partial charge is 0.322 e. The lowest BCUT2D eigenvalue weighted by Crippen LogP contribution is -2.17. The molecule has 0 aliphatic carbocycles. The van der Waals surface area contributed by atoms with E-state index >= 15 is 0 Å². The Morgan fingerprint density at radius 2 is 1.32 bits per heavy atom. The van der Waals surface area contributed by atoms with Crippen LogP contribution in [0.15, 0.2) is 77.7 Å². The molecule has 0 saturated carbocycles. The molecule has 0 unspecified atom stereocenters. The Kier molecular flexibility index (Phi) is 6.32. The molecular formula is C21H21N3O5S2. The van der Waals surface area contributed by atoms with Crippen molar-refractivity contribution < 1.29 is 21.6 Å². The van der Waals surface area contributed by atoms with Crippen molar-refractivity contribution in [1.29, 1.82) is 0 Å². The molecule has 3 rings (SSSR count). The summed E-state index contributed by atoms with van der Waals surface area (Å²) in [6.07, 6.45) is 0.992. The number of benzene rings is 3. The molecule has 3 aromatic carbocycles. The normalized spacial score (nSPS) is 11.5. The molecule has 1 amide bonds. The van der Waals surface area contributed by atoms with E-state index in [0.29, 0.717) is 11.4 Å². The first-order chi connectivity index (χ1) is 14.5. The molecular weight excluding hydrogens is 438 g/mol. The summed E-state index contributed by atoms with van der Waals surface area (Å²) in [7, 11) is -7.35. The predicted octanol–water partition coefficient (Wildman–Crippen LogP) is 3.42. The Bertz CT molecular complexity index is 1300. The first-order valence-corrected chi connectivity index (χ1v) is 12.5. The van der Waals surface area contributed by atoms with Gasteiger partial charge in [-0.2, -0.15) is 0 Å². The van der Waals surface area contributed by atoms with Gasteiger partial charge in [0.25, 0.3) is 15.9 Å². The summed E-state index contributed by atoms with van der Waals surface area (Å²) in [5.41, 5.74) is 2.08. The third-order valence-electron chi connectivity index (χ3n) is 4.19. The maximum Gasteiger partial charge on any atom is 0.261 e. The lowest BCUT2D eigenvalue weighted by atomic mass is 10.1. The highest BCUT2D eigenvalue weighted by atomic mass is 32.2. The average molecular weight is 460 g/mol. The number of nitrogens with one attached hydrogen (secondary N) is 3. The second-order valence-corrected chi connectivity index (χ2v) is 10.3. The van der Waals surface area contributed by atoms with Crippen molar-refractivity contribution in [2.45, 2.75) is 11.8 Å². The van der Waals surface area contributed by atoms with Crippen LogP contribution in [0.3, 0.4) is 0 Å². The predicted molar refractivity (Wildman–Crippen MR) is 121 cm³/mol. The molecule has 0 atom stereocenters. The zero-order valence-electron chi connectivity index (χ0n) is 16.8. The smallest absolute Gasteiger partial charge is 0.261 e. The van der Waals surface area contributed by atoms with Gasteiger partial charge in [-0.1, -0.05) is 29.8 Å². The number of aryl methyl sites for hydroxylation is 1. The molecule has 0 bridgehead atoms. The summed E-state index contributed by atoms with van der Waals surface area (Å²) in [4.78, 5) is 12.6. The van der Waals surface area contributed by atoms with E-state index in [1.165, 1.54) is 36.4 Å². The molecule has 0 spiro atoms. The van der Waals surface area contributed by atoms with E-state index in [0.717, 1.165) is 11.8 Å². The highest BCUT2D eigenvalue weighted by Crippen LogP contribution is 2.21. The van der Waals surface area contributed by atoms with Crippen LogP contribution in [-0.2, 0) is 20.0 Å². The summed E-state index contributed by atoms with van der Waals surface area (Å²) < 4.78 is 52.9. The van der Waals surface area contributed by atoms with E-state index in [1.807, 2.05) is 6.92 Å². The van der Waals surface area contributed by atoms with Crippen molar-refractivity contribution >= 4 is 43.0 Å². The van der Waals surface area contributed by atoms with Gasteiger partial charge in [0, 0.05) is 11.4 Å². The second kappa shape index (κ2) is 8.78. The standard InChI is InChI=1S/C21H21N3O5S2/c1-15-7-9-17(10-8-15)23-31(28,29)18-13-11-16(12-14-18)22-21(25)19-5-3-4-6-20(19)24-30(2,26)27/h3-14,23-24H,1-2H3,(H,22,25). The zero-order chi connectivity index (χ0) is 22.6. The van der Waals surface area contributed by atoms with E-state index in [9.17, 15) is 21.6 Å². The minimum Gasteiger partial charge on any atom is -0.322 e. The first-order valence-electron chi connectivity index (χ1n) is 9.11. The van der Waals surface area contributed by atoms with Gasteiger partial charge in [-0.05, 0) is 55.5 Å². The second-order valence-electron chi connectivity index (χ2n) is 6.87. The van der Waals surface area contributed by atoms with Crippen molar-refractivity contribution in [3.05, 3.63) is 83.9 Å². The topological polar surface area (TPSA) is 121 Å². The Labute approximate surface area is 181 Å². The molecule has 0 fully saturated rings. The van der Waals surface area contributed by atoms with Crippen molar-refractivity contribution in [2.24, 2.45) is 0 Å². The molecule has 0 radical (unpaired) electrons. The number of rotatable bonds is 7. The van der Waals surface area contributed by atoms with E-state index in [2.05, 4.69) is 14.8 Å². The molecule has 10 heteroatoms. The van der Waals surface area contributed by atoms with Crippen molar-refractivity contribution in [3.8, 4) is 0 Å². The van der Waals surface area contributed by atoms with Crippen LogP contribution in [0.25, 0.3) is 0 Å². The van der Waals surface area contributed by atoms with Gasteiger partial charge in [-0.15, -0.1) is 0 Å². The Hall–Kier alpha value is -3.37. The first kappa shape index (κ1) is 22.3. The molecule has 0 aliphatic rings. The molecule has 3 N–H and O–H groups in total. The van der Waals surface area contributed by atoms with Crippen molar-refractivity contribution in [2.75, 3.05) is 21.0 Å². The highest BCUT2D eigenvalue weighted by molar-refractivity contribution is 7.92. The lowest BCUT2D eigenvalue weighted by Gasteiger charge is -2.12. The third kappa shape index (κ3) is 6.06. The quantitative estimate of drug-likeness (QED) is 0.500. The fourth-order valence-electron chi connectivity index (χ4n) is 2.72. The molecule has 0 aliphatic heterocycles. The Balaban J connectivity index is 1.75. The van der Waals surface area contributed by atoms with E-state index in [4.69, 9.17) is 0 Å².